The molecule has 0 bridgehead atoms. The number of nitrogens with zero attached hydrogens (tertiary/aromatic N) is 1. The number of benzene rings is 2. The molecular formula is C20H27Cl2N3O2. The monoisotopic (exact) mass is 411 g/mol. The Hall–Kier alpha value is -1.95. The van der Waals surface area contributed by atoms with E-state index in [-0.39, 0.29) is 36.8 Å². The highest BCUT2D eigenvalue weighted by Gasteiger charge is 2.24. The second kappa shape index (κ2) is 11.0. The molecule has 0 aromatic heterocycles. The molecule has 1 atom stereocenters. The minimum absolute atomic E-state index is 0. The first-order chi connectivity index (χ1) is 12.2. The fraction of sp³-hybridized carbons (Fsp3) is 0.350. The highest BCUT2D eigenvalue weighted by Crippen LogP contribution is 2.27. The molecule has 1 amide bonds. The summed E-state index contributed by atoms with van der Waals surface area (Å²) in [5.74, 6) is 0.700. The van der Waals surface area contributed by atoms with Crippen molar-refractivity contribution in [2.75, 3.05) is 32.5 Å². The Morgan fingerprint density at radius 2 is 1.85 bits per heavy atom. The highest BCUT2D eigenvalue weighted by atomic mass is 35.5. The number of carbonyl (C=O) groups is 1. The summed E-state index contributed by atoms with van der Waals surface area (Å²) in [6.07, 6.45) is 2.39. The zero-order valence-corrected chi connectivity index (χ0v) is 17.0. The maximum Gasteiger partial charge on any atom is 0.253 e. The Morgan fingerprint density at radius 1 is 1.15 bits per heavy atom. The van der Waals surface area contributed by atoms with Gasteiger partial charge in [0.2, 0.25) is 0 Å². The average Bonchev–Trinajstić information content (AvgIpc) is 3.16. The van der Waals surface area contributed by atoms with Gasteiger partial charge in [-0.25, -0.2) is 0 Å². The van der Waals surface area contributed by atoms with Crippen LogP contribution in [-0.2, 0) is 0 Å². The lowest BCUT2D eigenvalue weighted by Gasteiger charge is -2.28. The Morgan fingerprint density at radius 3 is 2.52 bits per heavy atom. The van der Waals surface area contributed by atoms with Crippen LogP contribution in [0.5, 0.6) is 5.75 Å². The molecule has 1 heterocycles. The number of halogens is 2. The topological polar surface area (TPSA) is 67.6 Å². The molecule has 1 unspecified atom stereocenters. The van der Waals surface area contributed by atoms with Crippen LogP contribution in [0.25, 0.3) is 0 Å². The predicted octanol–water partition coefficient (Wildman–Crippen LogP) is 3.69. The predicted molar refractivity (Wildman–Crippen MR) is 114 cm³/mol. The number of ether oxygens (including phenoxy) is 1. The maximum atomic E-state index is 12.5. The van der Waals surface area contributed by atoms with Gasteiger partial charge in [-0.05, 0) is 55.8 Å². The van der Waals surface area contributed by atoms with E-state index in [2.05, 4.69) is 16.3 Å². The molecule has 1 saturated heterocycles. The van der Waals surface area contributed by atoms with Crippen molar-refractivity contribution >= 4 is 36.4 Å². The van der Waals surface area contributed by atoms with E-state index in [0.717, 1.165) is 24.4 Å². The van der Waals surface area contributed by atoms with Gasteiger partial charge >= 0.3 is 0 Å². The van der Waals surface area contributed by atoms with Gasteiger partial charge < -0.3 is 15.8 Å². The molecule has 0 saturated carbocycles. The standard InChI is InChI=1S/C20H25N3O2.2ClH/c1-25-16-8-6-7-15(13-16)19(23-11-4-5-12-23)14-22-20(24)17-9-2-3-10-18(17)21;;/h2-3,6-10,13,19H,4-5,11-12,14,21H2,1H3,(H,22,24);2*1H. The number of amides is 1. The van der Waals surface area contributed by atoms with Crippen LogP contribution in [-0.4, -0.2) is 37.6 Å². The van der Waals surface area contributed by atoms with E-state index >= 15 is 0 Å². The molecule has 5 nitrogen and oxygen atoms in total. The quantitative estimate of drug-likeness (QED) is 0.711. The summed E-state index contributed by atoms with van der Waals surface area (Å²) in [5, 5.41) is 3.05. The number of carbonyl (C=O) groups excluding carboxylic acids is 1. The van der Waals surface area contributed by atoms with Crippen LogP contribution >= 0.6 is 24.8 Å². The van der Waals surface area contributed by atoms with Crippen molar-refractivity contribution in [2.45, 2.75) is 18.9 Å². The van der Waals surface area contributed by atoms with E-state index < -0.39 is 0 Å². The van der Waals surface area contributed by atoms with Gasteiger partial charge in [0, 0.05) is 12.2 Å². The molecule has 1 aliphatic rings. The number of para-hydroxylation sites is 1. The molecule has 0 spiro atoms. The Labute approximate surface area is 173 Å². The fourth-order valence-electron chi connectivity index (χ4n) is 3.35. The first-order valence-electron chi connectivity index (χ1n) is 8.70. The number of methoxy groups -OCH3 is 1. The molecular weight excluding hydrogens is 385 g/mol. The van der Waals surface area contributed by atoms with E-state index in [4.69, 9.17) is 10.5 Å². The van der Waals surface area contributed by atoms with Crippen LogP contribution in [0.4, 0.5) is 5.69 Å². The third kappa shape index (κ3) is 5.76. The summed E-state index contributed by atoms with van der Waals surface area (Å²) in [6, 6.07) is 15.4. The van der Waals surface area contributed by atoms with Crippen molar-refractivity contribution in [3.63, 3.8) is 0 Å². The third-order valence-electron chi connectivity index (χ3n) is 4.72. The maximum absolute atomic E-state index is 12.5. The van der Waals surface area contributed by atoms with Crippen LogP contribution in [0.1, 0.15) is 34.8 Å². The van der Waals surface area contributed by atoms with E-state index in [9.17, 15) is 4.79 Å². The Kier molecular flexibility index (Phi) is 9.43. The van der Waals surface area contributed by atoms with E-state index in [1.807, 2.05) is 30.3 Å². The number of nitrogen functional groups attached to an aromatic ring is 1. The van der Waals surface area contributed by atoms with Crippen LogP contribution < -0.4 is 15.8 Å². The van der Waals surface area contributed by atoms with Crippen LogP contribution in [0.2, 0.25) is 0 Å². The molecule has 2 aromatic rings. The van der Waals surface area contributed by atoms with Crippen LogP contribution in [0, 0.1) is 0 Å². The summed E-state index contributed by atoms with van der Waals surface area (Å²) < 4.78 is 5.36. The van der Waals surface area contributed by atoms with Crippen molar-refractivity contribution in [3.8, 4) is 5.75 Å². The number of nitrogens with two attached hydrogens (primary N) is 1. The molecule has 3 rings (SSSR count). The van der Waals surface area contributed by atoms with Crippen molar-refractivity contribution in [2.24, 2.45) is 0 Å². The van der Waals surface area contributed by atoms with E-state index in [1.165, 1.54) is 12.8 Å². The highest BCUT2D eigenvalue weighted by molar-refractivity contribution is 5.99. The third-order valence-corrected chi connectivity index (χ3v) is 4.72. The number of hydrogen-bond acceptors (Lipinski definition) is 4. The Balaban J connectivity index is 0.00000182. The summed E-state index contributed by atoms with van der Waals surface area (Å²) in [6.45, 7) is 2.64. The summed E-state index contributed by atoms with van der Waals surface area (Å²) in [4.78, 5) is 14.9. The number of likely N-dealkylation sites (tertiary alicyclic amines) is 1. The molecule has 7 heteroatoms. The van der Waals surface area contributed by atoms with Gasteiger partial charge in [-0.2, -0.15) is 0 Å². The van der Waals surface area contributed by atoms with Gasteiger partial charge in [-0.3, -0.25) is 9.69 Å². The summed E-state index contributed by atoms with van der Waals surface area (Å²) >= 11 is 0. The number of anilines is 1. The molecule has 2 aromatic carbocycles. The minimum atomic E-state index is -0.134. The molecule has 1 fully saturated rings. The second-order valence-electron chi connectivity index (χ2n) is 6.33. The minimum Gasteiger partial charge on any atom is -0.497 e. The fourth-order valence-corrected chi connectivity index (χ4v) is 3.35. The molecule has 27 heavy (non-hydrogen) atoms. The number of hydrogen-bond donors (Lipinski definition) is 2. The second-order valence-corrected chi connectivity index (χ2v) is 6.33. The number of rotatable bonds is 6. The van der Waals surface area contributed by atoms with Crippen molar-refractivity contribution in [1.29, 1.82) is 0 Å². The van der Waals surface area contributed by atoms with Gasteiger partial charge in [-0.15, -0.1) is 24.8 Å². The van der Waals surface area contributed by atoms with E-state index in [1.54, 1.807) is 19.2 Å². The normalized spacial score (nSPS) is 14.6. The summed E-state index contributed by atoms with van der Waals surface area (Å²) in [5.41, 5.74) is 8.09. The van der Waals surface area contributed by atoms with Crippen molar-refractivity contribution in [1.82, 2.24) is 10.2 Å². The van der Waals surface area contributed by atoms with E-state index in [0.29, 0.717) is 17.8 Å². The molecule has 1 aliphatic heterocycles. The van der Waals surface area contributed by atoms with Gasteiger partial charge in [0.25, 0.3) is 5.91 Å². The smallest absolute Gasteiger partial charge is 0.253 e. The molecule has 0 radical (unpaired) electrons. The lowest BCUT2D eigenvalue weighted by molar-refractivity contribution is 0.0939. The van der Waals surface area contributed by atoms with Crippen molar-refractivity contribution in [3.05, 3.63) is 59.7 Å². The van der Waals surface area contributed by atoms with Crippen LogP contribution in [0.15, 0.2) is 48.5 Å². The molecule has 0 aliphatic carbocycles. The zero-order valence-electron chi connectivity index (χ0n) is 15.4. The lowest BCUT2D eigenvalue weighted by atomic mass is 10.0. The zero-order chi connectivity index (χ0) is 17.6. The summed E-state index contributed by atoms with van der Waals surface area (Å²) in [7, 11) is 1.67. The SMILES string of the molecule is COc1cccc(C(CNC(=O)c2ccccc2N)N2CCCC2)c1.Cl.Cl. The van der Waals surface area contributed by atoms with Gasteiger partial charge in [0.15, 0.2) is 0 Å². The average molecular weight is 412 g/mol. The van der Waals surface area contributed by atoms with Crippen LogP contribution in [0.3, 0.4) is 0 Å². The first-order valence-corrected chi connectivity index (χ1v) is 8.70. The largest absolute Gasteiger partial charge is 0.497 e. The van der Waals surface area contributed by atoms with Gasteiger partial charge in [-0.1, -0.05) is 24.3 Å². The lowest BCUT2D eigenvalue weighted by Crippen LogP contribution is -2.37. The Bertz CT molecular complexity index is 737. The number of nitrogens with one attached hydrogen (secondary N) is 1. The van der Waals surface area contributed by atoms with Gasteiger partial charge in [0.1, 0.15) is 5.75 Å². The van der Waals surface area contributed by atoms with Gasteiger partial charge in [0.05, 0.1) is 18.7 Å². The van der Waals surface area contributed by atoms with Crippen molar-refractivity contribution < 1.29 is 9.53 Å². The first kappa shape index (κ1) is 23.1. The molecule has 3 N–H and O–H groups in total. The molecule has 148 valence electrons.